The summed E-state index contributed by atoms with van der Waals surface area (Å²) in [5.41, 5.74) is 1.64. The molecule has 0 bridgehead atoms. The van der Waals surface area contributed by atoms with Crippen LogP contribution in [-0.2, 0) is 11.4 Å². The summed E-state index contributed by atoms with van der Waals surface area (Å²) >= 11 is 1.08. The van der Waals surface area contributed by atoms with E-state index in [1.807, 2.05) is 6.07 Å². The lowest BCUT2D eigenvalue weighted by Gasteiger charge is -2.07. The van der Waals surface area contributed by atoms with Gasteiger partial charge >= 0.3 is 0 Å². The van der Waals surface area contributed by atoms with Gasteiger partial charge < -0.3 is 10.1 Å². The highest BCUT2D eigenvalue weighted by molar-refractivity contribution is 8.18. The standard InChI is InChI=1S/C17H13N3O4S/c18-17-19-16(21)15(25-17)9-12-2-1-3-14(8-12)24-10-11-4-6-13(7-5-11)20(22)23/h1-9H,10H2,(H2,18,19,21). The highest BCUT2D eigenvalue weighted by Gasteiger charge is 2.22. The Morgan fingerprint density at radius 1 is 1.24 bits per heavy atom. The largest absolute Gasteiger partial charge is 0.489 e. The summed E-state index contributed by atoms with van der Waals surface area (Å²) in [6.45, 7) is 0.276. The first-order valence-electron chi connectivity index (χ1n) is 7.27. The molecule has 8 heteroatoms. The van der Waals surface area contributed by atoms with Gasteiger partial charge in [-0.15, -0.1) is 0 Å². The lowest BCUT2D eigenvalue weighted by atomic mass is 10.2. The molecule has 1 aliphatic rings. The molecule has 126 valence electrons. The molecule has 0 aromatic heterocycles. The summed E-state index contributed by atoms with van der Waals surface area (Å²) in [5, 5.41) is 20.6. The Bertz CT molecular complexity index is 878. The zero-order chi connectivity index (χ0) is 17.8. The Labute approximate surface area is 147 Å². The van der Waals surface area contributed by atoms with Crippen molar-refractivity contribution < 1.29 is 14.5 Å². The van der Waals surface area contributed by atoms with Crippen LogP contribution in [0.3, 0.4) is 0 Å². The number of amidine groups is 1. The van der Waals surface area contributed by atoms with Gasteiger partial charge in [-0.1, -0.05) is 12.1 Å². The molecule has 2 aromatic rings. The van der Waals surface area contributed by atoms with E-state index < -0.39 is 4.92 Å². The number of hydrogen-bond donors (Lipinski definition) is 2. The molecule has 0 atom stereocenters. The van der Waals surface area contributed by atoms with E-state index in [1.54, 1.807) is 36.4 Å². The molecule has 7 nitrogen and oxygen atoms in total. The first kappa shape index (κ1) is 16.7. The highest BCUT2D eigenvalue weighted by Crippen LogP contribution is 2.26. The second-order valence-electron chi connectivity index (χ2n) is 5.18. The Hall–Kier alpha value is -3.13. The van der Waals surface area contributed by atoms with Gasteiger partial charge in [0.1, 0.15) is 12.4 Å². The number of amides is 1. The fourth-order valence-electron chi connectivity index (χ4n) is 2.17. The lowest BCUT2D eigenvalue weighted by Crippen LogP contribution is -2.18. The van der Waals surface area contributed by atoms with Crippen LogP contribution >= 0.6 is 11.8 Å². The number of benzene rings is 2. The molecule has 3 rings (SSSR count). The van der Waals surface area contributed by atoms with Gasteiger partial charge in [0.05, 0.1) is 9.83 Å². The third-order valence-electron chi connectivity index (χ3n) is 3.37. The fourth-order valence-corrected chi connectivity index (χ4v) is 2.87. The van der Waals surface area contributed by atoms with E-state index in [0.717, 1.165) is 22.9 Å². The molecule has 0 saturated carbocycles. The van der Waals surface area contributed by atoms with Crippen molar-refractivity contribution in [2.75, 3.05) is 0 Å². The van der Waals surface area contributed by atoms with Crippen LogP contribution in [-0.4, -0.2) is 16.0 Å². The average Bonchev–Trinajstić information content (AvgIpc) is 2.91. The summed E-state index contributed by atoms with van der Waals surface area (Å²) in [5.74, 6) is 0.332. The van der Waals surface area contributed by atoms with Crippen molar-refractivity contribution in [3.8, 4) is 5.75 Å². The van der Waals surface area contributed by atoms with Gasteiger partial charge in [-0.3, -0.25) is 20.3 Å². The van der Waals surface area contributed by atoms with Crippen LogP contribution in [0.5, 0.6) is 5.75 Å². The van der Waals surface area contributed by atoms with Crippen LogP contribution in [0.2, 0.25) is 0 Å². The quantitative estimate of drug-likeness (QED) is 0.486. The minimum Gasteiger partial charge on any atom is -0.489 e. The van der Waals surface area contributed by atoms with Crippen molar-refractivity contribution in [3.05, 3.63) is 74.7 Å². The number of thioether (sulfide) groups is 1. The number of ether oxygens (including phenoxy) is 1. The maximum absolute atomic E-state index is 11.6. The zero-order valence-electron chi connectivity index (χ0n) is 12.9. The van der Waals surface area contributed by atoms with E-state index in [-0.39, 0.29) is 23.4 Å². The van der Waals surface area contributed by atoms with Crippen molar-refractivity contribution in [2.24, 2.45) is 0 Å². The van der Waals surface area contributed by atoms with Crippen LogP contribution in [0, 0.1) is 15.5 Å². The van der Waals surface area contributed by atoms with Crippen LogP contribution < -0.4 is 10.1 Å². The molecule has 1 amide bonds. The highest BCUT2D eigenvalue weighted by atomic mass is 32.2. The topological polar surface area (TPSA) is 105 Å². The Balaban J connectivity index is 1.68. The summed E-state index contributed by atoms with van der Waals surface area (Å²) in [4.78, 5) is 22.3. The van der Waals surface area contributed by atoms with E-state index in [1.165, 1.54) is 12.1 Å². The van der Waals surface area contributed by atoms with Crippen molar-refractivity contribution in [1.29, 1.82) is 5.41 Å². The summed E-state index contributed by atoms with van der Waals surface area (Å²) in [6, 6.07) is 13.4. The predicted molar refractivity (Wildman–Crippen MR) is 95.3 cm³/mol. The normalized spacial score (nSPS) is 15.3. The van der Waals surface area contributed by atoms with Crippen molar-refractivity contribution >= 4 is 34.6 Å². The van der Waals surface area contributed by atoms with Crippen LogP contribution in [0.1, 0.15) is 11.1 Å². The van der Waals surface area contributed by atoms with Gasteiger partial charge in [0.25, 0.3) is 11.6 Å². The molecule has 0 aliphatic carbocycles. The zero-order valence-corrected chi connectivity index (χ0v) is 13.7. The summed E-state index contributed by atoms with van der Waals surface area (Å²) < 4.78 is 5.70. The Morgan fingerprint density at radius 2 is 2.00 bits per heavy atom. The van der Waals surface area contributed by atoms with E-state index in [0.29, 0.717) is 10.7 Å². The summed E-state index contributed by atoms with van der Waals surface area (Å²) in [6.07, 6.45) is 1.69. The molecule has 2 N–H and O–H groups in total. The van der Waals surface area contributed by atoms with E-state index in [2.05, 4.69) is 5.32 Å². The molecule has 2 aromatic carbocycles. The number of rotatable bonds is 5. The first-order valence-corrected chi connectivity index (χ1v) is 8.08. The van der Waals surface area contributed by atoms with Gasteiger partial charge in [-0.25, -0.2) is 0 Å². The minimum absolute atomic E-state index is 0.0373. The van der Waals surface area contributed by atoms with Gasteiger partial charge in [0.15, 0.2) is 5.17 Å². The van der Waals surface area contributed by atoms with E-state index >= 15 is 0 Å². The number of carbonyl (C=O) groups is 1. The number of nitrogens with one attached hydrogen (secondary N) is 2. The number of carbonyl (C=O) groups excluding carboxylic acids is 1. The van der Waals surface area contributed by atoms with Gasteiger partial charge in [0, 0.05) is 12.1 Å². The van der Waals surface area contributed by atoms with Gasteiger partial charge in [-0.05, 0) is 53.2 Å². The average molecular weight is 355 g/mol. The molecule has 1 heterocycles. The number of nitro benzene ring substituents is 1. The molecule has 1 fully saturated rings. The predicted octanol–water partition coefficient (Wildman–Crippen LogP) is 3.31. The molecule has 0 spiro atoms. The maximum atomic E-state index is 11.6. The van der Waals surface area contributed by atoms with Crippen molar-refractivity contribution in [1.82, 2.24) is 5.32 Å². The first-order chi connectivity index (χ1) is 12.0. The number of hydrogen-bond acceptors (Lipinski definition) is 6. The van der Waals surface area contributed by atoms with Gasteiger partial charge in [-0.2, -0.15) is 0 Å². The molecule has 1 aliphatic heterocycles. The third kappa shape index (κ3) is 4.24. The molecule has 0 radical (unpaired) electrons. The van der Waals surface area contributed by atoms with E-state index in [4.69, 9.17) is 10.1 Å². The second-order valence-corrected chi connectivity index (χ2v) is 6.23. The lowest BCUT2D eigenvalue weighted by molar-refractivity contribution is -0.384. The van der Waals surface area contributed by atoms with Crippen LogP contribution in [0.25, 0.3) is 6.08 Å². The third-order valence-corrected chi connectivity index (χ3v) is 4.20. The van der Waals surface area contributed by atoms with Gasteiger partial charge in [0.2, 0.25) is 0 Å². The van der Waals surface area contributed by atoms with Crippen LogP contribution in [0.4, 0.5) is 5.69 Å². The van der Waals surface area contributed by atoms with Crippen molar-refractivity contribution in [2.45, 2.75) is 6.61 Å². The summed E-state index contributed by atoms with van der Waals surface area (Å²) in [7, 11) is 0. The smallest absolute Gasteiger partial charge is 0.269 e. The monoisotopic (exact) mass is 355 g/mol. The molecular weight excluding hydrogens is 342 g/mol. The van der Waals surface area contributed by atoms with Crippen molar-refractivity contribution in [3.63, 3.8) is 0 Å². The minimum atomic E-state index is -0.446. The molecule has 1 saturated heterocycles. The number of nitrogens with zero attached hydrogens (tertiary/aromatic N) is 1. The Kier molecular flexibility index (Phi) is 4.80. The van der Waals surface area contributed by atoms with Crippen LogP contribution in [0.15, 0.2) is 53.4 Å². The number of nitro groups is 1. The fraction of sp³-hybridized carbons (Fsp3) is 0.0588. The number of non-ortho nitro benzene ring substituents is 1. The second kappa shape index (κ2) is 7.18. The molecule has 25 heavy (non-hydrogen) atoms. The van der Waals surface area contributed by atoms with E-state index in [9.17, 15) is 14.9 Å². The molecule has 0 unspecified atom stereocenters. The maximum Gasteiger partial charge on any atom is 0.269 e. The molecular formula is C17H13N3O4S. The Morgan fingerprint density at radius 3 is 2.64 bits per heavy atom. The SMILES string of the molecule is N=C1NC(=O)C(=Cc2cccc(OCc3ccc([N+](=O)[O-])cc3)c2)S1.